The maximum Gasteiger partial charge on any atom is 0.412 e. The fourth-order valence-corrected chi connectivity index (χ4v) is 17.4. The monoisotopic (exact) mass is 994 g/mol. The number of hydrogen-bond acceptors (Lipinski definition) is 11. The highest BCUT2D eigenvalue weighted by atomic mass is 28.3. The van der Waals surface area contributed by atoms with E-state index in [0.717, 1.165) is 19.3 Å². The van der Waals surface area contributed by atoms with Crippen molar-refractivity contribution < 1.29 is 37.3 Å². The number of rotatable bonds is 10. The number of nitrogens with one attached hydrogen (secondary N) is 1. The molecular formula is C55H73F2N7O6Si. The van der Waals surface area contributed by atoms with Gasteiger partial charge in [0.25, 0.3) is 0 Å². The van der Waals surface area contributed by atoms with Crippen LogP contribution >= 0.6 is 0 Å². The maximum atomic E-state index is 18.4. The zero-order chi connectivity index (χ0) is 51.1. The summed E-state index contributed by atoms with van der Waals surface area (Å²) < 4.78 is 57.9. The van der Waals surface area contributed by atoms with Gasteiger partial charge in [0.05, 0.1) is 24.7 Å². The number of amides is 2. The highest BCUT2D eigenvalue weighted by Crippen LogP contribution is 2.50. The number of carbonyl (C=O) groups is 2. The summed E-state index contributed by atoms with van der Waals surface area (Å²) in [6.07, 6.45) is 1.37. The van der Waals surface area contributed by atoms with Crippen molar-refractivity contribution in [3.05, 3.63) is 41.7 Å². The number of halogens is 2. The average molecular weight is 994 g/mol. The Morgan fingerprint density at radius 1 is 0.930 bits per heavy atom. The number of aromatic nitrogens is 3. The van der Waals surface area contributed by atoms with Crippen LogP contribution in [0.15, 0.2) is 30.3 Å². The standard InChI is InChI=1S/C55H73F2N7O6Si/c1-31(2)71(32(3)4,33(5)6)24-20-35-15-14-16-36-25-38(58-51(65)69-53(8,9)10)26-40(42(35)36)45-44(57)46-43-48(61-50(60-46)67-30-55(21-22-55)29-62-23-19-37(56)27-62)63-28-39-17-18-41(47(63)34(7)68-49(43)59-45)64(39)52(66)70-54(11,12)13/h14-16,25-26,31-34,37,39,41,47H,17-19,21-23,27-30H2,1-13H3,(H,58,65)/t34-,37+,39+,41-,47+/m0/s1. The normalized spacial score (nSPS) is 22.9. The summed E-state index contributed by atoms with van der Waals surface area (Å²) in [6, 6.07) is 8.47. The molecule has 2 amide bonds. The highest BCUT2D eigenvalue weighted by molar-refractivity contribution is 6.90. The van der Waals surface area contributed by atoms with Crippen LogP contribution in [0.4, 0.5) is 29.9 Å². The zero-order valence-corrected chi connectivity index (χ0v) is 45.0. The van der Waals surface area contributed by atoms with Crippen molar-refractivity contribution >= 4 is 53.4 Å². The van der Waals surface area contributed by atoms with Gasteiger partial charge in [-0.2, -0.15) is 9.97 Å². The number of fused-ring (bicyclic) bond motifs is 6. The van der Waals surface area contributed by atoms with Crippen molar-refractivity contribution in [2.45, 2.75) is 180 Å². The molecule has 1 saturated carbocycles. The van der Waals surface area contributed by atoms with Crippen LogP contribution in [-0.4, -0.2) is 119 Å². The summed E-state index contributed by atoms with van der Waals surface area (Å²) in [4.78, 5) is 48.6. The third kappa shape index (κ3) is 9.86. The molecule has 71 heavy (non-hydrogen) atoms. The number of nitrogens with zero attached hydrogens (tertiary/aromatic N) is 6. The van der Waals surface area contributed by atoms with Crippen LogP contribution in [0.2, 0.25) is 16.6 Å². The first-order valence-corrected chi connectivity index (χ1v) is 28.1. The van der Waals surface area contributed by atoms with E-state index in [1.54, 1.807) is 26.8 Å². The second kappa shape index (κ2) is 18.6. The fraction of sp³-hybridized carbons (Fsp3) is 0.618. The van der Waals surface area contributed by atoms with Gasteiger partial charge in [-0.15, -0.1) is 5.54 Å². The number of alkyl halides is 1. The molecule has 13 nitrogen and oxygen atoms in total. The lowest BCUT2D eigenvalue weighted by Crippen LogP contribution is -2.65. The van der Waals surface area contributed by atoms with Gasteiger partial charge in [0.2, 0.25) is 5.88 Å². The van der Waals surface area contributed by atoms with Crippen LogP contribution < -0.4 is 19.7 Å². The molecule has 0 unspecified atom stereocenters. The molecule has 0 radical (unpaired) electrons. The smallest absolute Gasteiger partial charge is 0.412 e. The van der Waals surface area contributed by atoms with Crippen molar-refractivity contribution in [3.8, 4) is 34.6 Å². The van der Waals surface area contributed by atoms with Gasteiger partial charge in [0, 0.05) is 53.8 Å². The molecule has 4 aromatic rings. The number of ether oxygens (including phenoxy) is 4. The Kier molecular flexibility index (Phi) is 13.3. The summed E-state index contributed by atoms with van der Waals surface area (Å²) in [5, 5.41) is 4.58. The third-order valence-corrected chi connectivity index (χ3v) is 21.8. The number of likely N-dealkylation sites (tertiary alicyclic amines) is 1. The van der Waals surface area contributed by atoms with Crippen molar-refractivity contribution in [1.29, 1.82) is 0 Å². The quantitative estimate of drug-likeness (QED) is 0.120. The van der Waals surface area contributed by atoms with E-state index in [4.69, 9.17) is 33.9 Å². The van der Waals surface area contributed by atoms with E-state index in [1.807, 2.05) is 56.9 Å². The Balaban J connectivity index is 1.23. The van der Waals surface area contributed by atoms with E-state index in [-0.39, 0.29) is 53.3 Å². The van der Waals surface area contributed by atoms with Crippen LogP contribution in [-0.2, 0) is 9.47 Å². The summed E-state index contributed by atoms with van der Waals surface area (Å²) in [7, 11) is -2.24. The minimum Gasteiger partial charge on any atom is -0.472 e. The van der Waals surface area contributed by atoms with Crippen LogP contribution in [0.25, 0.3) is 32.9 Å². The van der Waals surface area contributed by atoms with Crippen molar-refractivity contribution in [3.63, 3.8) is 0 Å². The fourth-order valence-electron chi connectivity index (χ4n) is 12.2. The Morgan fingerprint density at radius 2 is 1.63 bits per heavy atom. The largest absolute Gasteiger partial charge is 0.472 e. The lowest BCUT2D eigenvalue weighted by atomic mass is 9.95. The van der Waals surface area contributed by atoms with Crippen LogP contribution in [0.5, 0.6) is 11.9 Å². The first-order valence-electron chi connectivity index (χ1n) is 25.8. The van der Waals surface area contributed by atoms with Crippen LogP contribution in [0, 0.1) is 22.7 Å². The molecule has 2 aromatic carbocycles. The first kappa shape index (κ1) is 50.7. The van der Waals surface area contributed by atoms with Gasteiger partial charge < -0.3 is 23.8 Å². The highest BCUT2D eigenvalue weighted by Gasteiger charge is 2.54. The molecule has 382 valence electrons. The third-order valence-electron chi connectivity index (χ3n) is 15.5. The average Bonchev–Trinajstić information content (AvgIpc) is 3.83. The van der Waals surface area contributed by atoms with Gasteiger partial charge in [0.1, 0.15) is 54.0 Å². The predicted octanol–water partition coefficient (Wildman–Crippen LogP) is 11.8. The molecule has 1 aliphatic carbocycles. The number of anilines is 2. The molecule has 4 fully saturated rings. The SMILES string of the molecule is CC(C)[Si](C#Cc1cccc2cc(NC(=O)OC(C)(C)C)cc(-c3nc4c5c(nc(OCC6(CN7CC[C@@H](F)C7)CC6)nc5c3F)N3C[C@H]5CC[C@@H]([C@H]3[C@H](C)O4)N5C(=O)OC(C)(C)C)c12)(C(C)C)C(C)C. The van der Waals surface area contributed by atoms with Gasteiger partial charge in [-0.1, -0.05) is 59.6 Å². The Bertz CT molecular complexity index is 2770. The zero-order valence-electron chi connectivity index (χ0n) is 44.0. The first-order chi connectivity index (χ1) is 33.4. The summed E-state index contributed by atoms with van der Waals surface area (Å²) in [5.74, 6) is 3.49. The van der Waals surface area contributed by atoms with Gasteiger partial charge in [-0.3, -0.25) is 15.1 Å². The van der Waals surface area contributed by atoms with Crippen LogP contribution in [0.1, 0.15) is 128 Å². The van der Waals surface area contributed by atoms with E-state index in [1.165, 1.54) is 0 Å². The van der Waals surface area contributed by atoms with E-state index in [2.05, 4.69) is 68.1 Å². The number of benzene rings is 2. The molecule has 2 aromatic heterocycles. The number of pyridine rings is 1. The Morgan fingerprint density at radius 3 is 2.27 bits per heavy atom. The molecule has 1 N–H and O–H groups in total. The minimum absolute atomic E-state index is 0.00917. The predicted molar refractivity (Wildman–Crippen MR) is 277 cm³/mol. The number of piperazine rings is 1. The molecule has 0 spiro atoms. The van der Waals surface area contributed by atoms with E-state index in [9.17, 15) is 14.0 Å². The lowest BCUT2D eigenvalue weighted by molar-refractivity contribution is 0.000913. The van der Waals surface area contributed by atoms with E-state index in [0.29, 0.717) is 94.4 Å². The number of hydrogen-bond donors (Lipinski definition) is 1. The molecule has 16 heteroatoms. The molecular weight excluding hydrogens is 921 g/mol. The Hall–Kier alpha value is -5.27. The van der Waals surface area contributed by atoms with Gasteiger partial charge in [0.15, 0.2) is 5.82 Å². The molecule has 2 bridgehead atoms. The summed E-state index contributed by atoms with van der Waals surface area (Å²) in [5.41, 5.74) is 4.71. The molecule has 5 atom stereocenters. The topological polar surface area (TPSA) is 131 Å². The second-order valence-corrected chi connectivity index (χ2v) is 29.5. The maximum absolute atomic E-state index is 18.4. The van der Waals surface area contributed by atoms with Gasteiger partial charge in [-0.25, -0.2) is 23.4 Å². The molecule has 6 heterocycles. The summed E-state index contributed by atoms with van der Waals surface area (Å²) >= 11 is 0. The van der Waals surface area contributed by atoms with Crippen molar-refractivity contribution in [1.82, 2.24) is 24.8 Å². The second-order valence-electron chi connectivity index (χ2n) is 23.9. The van der Waals surface area contributed by atoms with E-state index < -0.39 is 49.5 Å². The molecule has 5 aliphatic rings. The van der Waals surface area contributed by atoms with Crippen molar-refractivity contribution in [2.24, 2.45) is 5.41 Å². The van der Waals surface area contributed by atoms with Crippen molar-refractivity contribution in [2.75, 3.05) is 43.0 Å². The van der Waals surface area contributed by atoms with Gasteiger partial charge in [-0.05, 0) is 121 Å². The molecule has 3 saturated heterocycles. The van der Waals surface area contributed by atoms with E-state index >= 15 is 4.39 Å². The number of carbonyl (C=O) groups excluding carboxylic acids is 2. The van der Waals surface area contributed by atoms with Crippen LogP contribution in [0.3, 0.4) is 0 Å². The summed E-state index contributed by atoms with van der Waals surface area (Å²) in [6.45, 7) is 29.0. The molecule has 4 aliphatic heterocycles. The Labute approximate surface area is 419 Å². The lowest BCUT2D eigenvalue weighted by Gasteiger charge is -2.48. The minimum atomic E-state index is -2.24. The molecule has 9 rings (SSSR count). The van der Waals surface area contributed by atoms with Gasteiger partial charge >= 0.3 is 18.2 Å².